The molecule has 1 fully saturated rings. The highest BCUT2D eigenvalue weighted by Gasteiger charge is 2.21. The van der Waals surface area contributed by atoms with Gasteiger partial charge in [-0.05, 0) is 43.4 Å². The second kappa shape index (κ2) is 6.13. The lowest BCUT2D eigenvalue weighted by atomic mass is 9.86. The van der Waals surface area contributed by atoms with Crippen LogP contribution in [0.1, 0.15) is 43.7 Å². The lowest BCUT2D eigenvalue weighted by Gasteiger charge is -2.29. The number of aromatic hydroxyl groups is 1. The van der Waals surface area contributed by atoms with Crippen molar-refractivity contribution >= 4 is 11.0 Å². The van der Waals surface area contributed by atoms with E-state index in [-0.39, 0.29) is 11.4 Å². The Hall–Kier alpha value is -1.81. The van der Waals surface area contributed by atoms with Crippen LogP contribution in [0.25, 0.3) is 11.0 Å². The summed E-state index contributed by atoms with van der Waals surface area (Å²) in [5.74, 6) is 0.826. The molecule has 2 N–H and O–H groups in total. The fourth-order valence-electron chi connectivity index (χ4n) is 3.42. The molecule has 22 heavy (non-hydrogen) atoms. The molecule has 0 bridgehead atoms. The number of hydrogen-bond donors (Lipinski definition) is 2. The molecule has 1 aliphatic carbocycles. The number of hydrogen-bond acceptors (Lipinski definition) is 4. The molecular formula is C18H23NO3. The van der Waals surface area contributed by atoms with Crippen LogP contribution in [0.3, 0.4) is 0 Å². The Kier molecular flexibility index (Phi) is 4.21. The topological polar surface area (TPSA) is 62.5 Å². The second-order valence-corrected chi connectivity index (χ2v) is 6.43. The predicted molar refractivity (Wildman–Crippen MR) is 87.1 cm³/mol. The maximum absolute atomic E-state index is 11.8. The molecule has 4 nitrogen and oxygen atoms in total. The molecule has 0 unspecified atom stereocenters. The van der Waals surface area contributed by atoms with E-state index in [0.717, 1.165) is 10.9 Å². The summed E-state index contributed by atoms with van der Waals surface area (Å²) >= 11 is 0. The molecule has 3 rings (SSSR count). The molecule has 0 amide bonds. The first-order valence-electron chi connectivity index (χ1n) is 8.05. The van der Waals surface area contributed by atoms with Gasteiger partial charge in [0.1, 0.15) is 11.3 Å². The third-order valence-electron chi connectivity index (χ3n) is 4.88. The number of aryl methyl sites for hydroxylation is 1. The average Bonchev–Trinajstić information content (AvgIpc) is 2.50. The van der Waals surface area contributed by atoms with Crippen molar-refractivity contribution in [3.8, 4) is 5.75 Å². The van der Waals surface area contributed by atoms with Crippen molar-refractivity contribution in [1.82, 2.24) is 5.32 Å². The molecule has 1 aromatic heterocycles. The smallest absolute Gasteiger partial charge is 0.336 e. The summed E-state index contributed by atoms with van der Waals surface area (Å²) in [7, 11) is 0. The van der Waals surface area contributed by atoms with Gasteiger partial charge in [0.05, 0.1) is 0 Å². The zero-order valence-corrected chi connectivity index (χ0v) is 13.2. The van der Waals surface area contributed by atoms with Crippen molar-refractivity contribution in [2.75, 3.05) is 0 Å². The van der Waals surface area contributed by atoms with Gasteiger partial charge < -0.3 is 14.8 Å². The molecule has 1 saturated carbocycles. The Morgan fingerprint density at radius 2 is 2.09 bits per heavy atom. The van der Waals surface area contributed by atoms with Gasteiger partial charge in [0.15, 0.2) is 0 Å². The van der Waals surface area contributed by atoms with Gasteiger partial charge >= 0.3 is 5.63 Å². The van der Waals surface area contributed by atoms with Gasteiger partial charge in [0.2, 0.25) is 0 Å². The largest absolute Gasteiger partial charge is 0.508 e. The highest BCUT2D eigenvalue weighted by molar-refractivity contribution is 5.84. The Labute approximate surface area is 130 Å². The van der Waals surface area contributed by atoms with Crippen molar-refractivity contribution < 1.29 is 9.52 Å². The molecular weight excluding hydrogens is 278 g/mol. The number of nitrogens with one attached hydrogen (secondary N) is 1. The molecule has 2 atom stereocenters. The van der Waals surface area contributed by atoms with E-state index < -0.39 is 0 Å². The van der Waals surface area contributed by atoms with Crippen LogP contribution in [-0.4, -0.2) is 11.1 Å². The Bertz CT molecular complexity index is 735. The van der Waals surface area contributed by atoms with E-state index in [9.17, 15) is 9.90 Å². The molecule has 1 aliphatic rings. The fraction of sp³-hybridized carbons (Fsp3) is 0.500. The van der Waals surface area contributed by atoms with E-state index in [1.807, 2.05) is 6.07 Å². The quantitative estimate of drug-likeness (QED) is 0.852. The monoisotopic (exact) mass is 301 g/mol. The lowest BCUT2D eigenvalue weighted by molar-refractivity contribution is 0.279. The zero-order valence-electron chi connectivity index (χ0n) is 13.2. The summed E-state index contributed by atoms with van der Waals surface area (Å²) in [6.45, 7) is 4.71. The minimum atomic E-state index is -0.366. The molecule has 118 valence electrons. The first-order chi connectivity index (χ1) is 10.6. The van der Waals surface area contributed by atoms with E-state index >= 15 is 0 Å². The average molecular weight is 301 g/mol. The summed E-state index contributed by atoms with van der Waals surface area (Å²) in [5.41, 5.74) is 1.67. The van der Waals surface area contributed by atoms with Crippen LogP contribution >= 0.6 is 0 Å². The van der Waals surface area contributed by atoms with Crippen LogP contribution in [0, 0.1) is 12.8 Å². The van der Waals surface area contributed by atoms with Crippen LogP contribution in [0.4, 0.5) is 0 Å². The van der Waals surface area contributed by atoms with E-state index in [0.29, 0.717) is 29.7 Å². The SMILES string of the molecule is Cc1c(O)ccc2c(CN[C@H]3CCCC[C@@H]3C)cc(=O)oc12. The number of benzene rings is 1. The van der Waals surface area contributed by atoms with Crippen molar-refractivity contribution in [3.63, 3.8) is 0 Å². The van der Waals surface area contributed by atoms with Gasteiger partial charge in [-0.25, -0.2) is 4.79 Å². The Morgan fingerprint density at radius 1 is 1.32 bits per heavy atom. The minimum Gasteiger partial charge on any atom is -0.508 e. The van der Waals surface area contributed by atoms with E-state index in [2.05, 4.69) is 12.2 Å². The van der Waals surface area contributed by atoms with Crippen LogP contribution in [0.2, 0.25) is 0 Å². The normalized spacial score (nSPS) is 22.1. The maximum Gasteiger partial charge on any atom is 0.336 e. The summed E-state index contributed by atoms with van der Waals surface area (Å²) in [4.78, 5) is 11.8. The van der Waals surface area contributed by atoms with Gasteiger partial charge in [0.25, 0.3) is 0 Å². The van der Waals surface area contributed by atoms with Crippen molar-refractivity contribution in [3.05, 3.63) is 39.7 Å². The molecule has 2 aromatic rings. The molecule has 0 spiro atoms. The van der Waals surface area contributed by atoms with Crippen LogP contribution < -0.4 is 10.9 Å². The molecule has 0 saturated heterocycles. The number of rotatable bonds is 3. The second-order valence-electron chi connectivity index (χ2n) is 6.43. The maximum atomic E-state index is 11.8. The van der Waals surface area contributed by atoms with Crippen molar-refractivity contribution in [1.29, 1.82) is 0 Å². The highest BCUT2D eigenvalue weighted by Crippen LogP contribution is 2.28. The van der Waals surface area contributed by atoms with Crippen molar-refractivity contribution in [2.24, 2.45) is 5.92 Å². The molecule has 0 radical (unpaired) electrons. The first kappa shape index (κ1) is 15.1. The Balaban J connectivity index is 1.90. The summed E-state index contributed by atoms with van der Waals surface area (Å²) in [6.07, 6.45) is 5.05. The lowest BCUT2D eigenvalue weighted by Crippen LogP contribution is -2.36. The number of fused-ring (bicyclic) bond motifs is 1. The summed E-state index contributed by atoms with van der Waals surface area (Å²) in [6, 6.07) is 5.54. The number of phenols is 1. The van der Waals surface area contributed by atoms with E-state index in [1.54, 1.807) is 19.1 Å². The van der Waals surface area contributed by atoms with Gasteiger partial charge in [-0.2, -0.15) is 0 Å². The van der Waals surface area contributed by atoms with Crippen molar-refractivity contribution in [2.45, 2.75) is 52.1 Å². The first-order valence-corrected chi connectivity index (χ1v) is 8.05. The molecule has 1 aromatic carbocycles. The van der Waals surface area contributed by atoms with E-state index in [1.165, 1.54) is 25.7 Å². The Morgan fingerprint density at radius 3 is 2.86 bits per heavy atom. The van der Waals surface area contributed by atoms with Crippen LogP contribution in [0.5, 0.6) is 5.75 Å². The summed E-state index contributed by atoms with van der Waals surface area (Å²) in [5, 5.41) is 14.3. The van der Waals surface area contributed by atoms with Gasteiger partial charge in [-0.15, -0.1) is 0 Å². The standard InChI is InChI=1S/C18H23NO3/c1-11-5-3-4-6-15(11)19-10-13-9-17(21)22-18-12(2)16(20)8-7-14(13)18/h7-9,11,15,19-20H,3-6,10H2,1-2H3/t11-,15-/m0/s1. The van der Waals surface area contributed by atoms with Gasteiger partial charge in [-0.3, -0.25) is 0 Å². The van der Waals surface area contributed by atoms with Crippen LogP contribution in [-0.2, 0) is 6.54 Å². The predicted octanol–water partition coefficient (Wildman–Crippen LogP) is 3.48. The van der Waals surface area contributed by atoms with Gasteiger partial charge in [-0.1, -0.05) is 19.8 Å². The number of phenolic OH excluding ortho intramolecular Hbond substituents is 1. The van der Waals surface area contributed by atoms with Crippen LogP contribution in [0.15, 0.2) is 27.4 Å². The summed E-state index contributed by atoms with van der Waals surface area (Å²) < 4.78 is 5.28. The molecule has 0 aliphatic heterocycles. The molecule has 1 heterocycles. The highest BCUT2D eigenvalue weighted by atomic mass is 16.4. The fourth-order valence-corrected chi connectivity index (χ4v) is 3.42. The zero-order chi connectivity index (χ0) is 15.7. The van der Waals surface area contributed by atoms with E-state index in [4.69, 9.17) is 4.42 Å². The van der Waals surface area contributed by atoms with Gasteiger partial charge in [0, 0.05) is 29.6 Å². The third-order valence-corrected chi connectivity index (χ3v) is 4.88. The minimum absolute atomic E-state index is 0.154. The third kappa shape index (κ3) is 2.88. The molecule has 4 heteroatoms.